The molecule has 1 spiro atoms. The maximum Gasteiger partial charge on any atom is 0.256 e. The van der Waals surface area contributed by atoms with E-state index in [0.29, 0.717) is 18.7 Å². The lowest BCUT2D eigenvalue weighted by Crippen LogP contribution is -2.45. The second-order valence-electron chi connectivity index (χ2n) is 8.45. The number of thioether (sulfide) groups is 1. The average Bonchev–Trinajstić information content (AvgIpc) is 3.24. The van der Waals surface area contributed by atoms with E-state index in [0.717, 1.165) is 37.4 Å². The lowest BCUT2D eigenvalue weighted by Gasteiger charge is -2.39. The largest absolute Gasteiger partial charge is 0.490 e. The summed E-state index contributed by atoms with van der Waals surface area (Å²) in [6, 6.07) is 9.85. The Morgan fingerprint density at radius 2 is 1.81 bits per heavy atom. The Kier molecular flexibility index (Phi) is 6.98. The van der Waals surface area contributed by atoms with Gasteiger partial charge in [-0.15, -0.1) is 11.8 Å². The number of piperidine rings is 1. The van der Waals surface area contributed by atoms with E-state index in [2.05, 4.69) is 4.98 Å². The second kappa shape index (κ2) is 9.90. The average molecular weight is 458 g/mol. The summed E-state index contributed by atoms with van der Waals surface area (Å²) in [5, 5.41) is 0.757. The van der Waals surface area contributed by atoms with Gasteiger partial charge in [-0.05, 0) is 55.2 Å². The van der Waals surface area contributed by atoms with Crippen molar-refractivity contribution in [3.05, 3.63) is 54.0 Å². The van der Waals surface area contributed by atoms with Gasteiger partial charge in [0, 0.05) is 32.4 Å². The van der Waals surface area contributed by atoms with Crippen molar-refractivity contribution in [2.24, 2.45) is 5.41 Å². The number of halogens is 1. The molecule has 1 aromatic heterocycles. The maximum absolute atomic E-state index is 13.6. The first-order valence-electron chi connectivity index (χ1n) is 10.9. The smallest absolute Gasteiger partial charge is 0.256 e. The van der Waals surface area contributed by atoms with Crippen LogP contribution in [0.3, 0.4) is 0 Å². The van der Waals surface area contributed by atoms with Crippen LogP contribution in [0.2, 0.25) is 0 Å². The van der Waals surface area contributed by atoms with Gasteiger partial charge < -0.3 is 14.5 Å². The molecule has 1 aromatic carbocycles. The number of carbonyl (C=O) groups excluding carboxylic acids is 2. The fraction of sp³-hybridized carbons (Fsp3) is 0.458. The Morgan fingerprint density at radius 3 is 2.53 bits per heavy atom. The molecule has 170 valence electrons. The van der Waals surface area contributed by atoms with Crippen LogP contribution in [0.4, 0.5) is 4.39 Å². The molecule has 8 heteroatoms. The number of pyridine rings is 1. The number of carbonyl (C=O) groups is 2. The minimum absolute atomic E-state index is 0.0357. The number of ether oxygens (including phenoxy) is 1. The van der Waals surface area contributed by atoms with E-state index < -0.39 is 5.82 Å². The van der Waals surface area contributed by atoms with Crippen LogP contribution >= 0.6 is 11.8 Å². The summed E-state index contributed by atoms with van der Waals surface area (Å²) in [4.78, 5) is 33.7. The van der Waals surface area contributed by atoms with Gasteiger partial charge in [0.05, 0.1) is 18.6 Å². The van der Waals surface area contributed by atoms with Crippen molar-refractivity contribution < 1.29 is 18.7 Å². The molecule has 0 radical (unpaired) electrons. The first kappa shape index (κ1) is 22.6. The SMILES string of the molecule is CSc1ncccc1C(=O)N1CCC2(CCN(C(=O)CCOc3ccccc3F)C2)CC1. The van der Waals surface area contributed by atoms with E-state index in [9.17, 15) is 14.0 Å². The number of likely N-dealkylation sites (tertiary alicyclic amines) is 2. The lowest BCUT2D eigenvalue weighted by atomic mass is 9.77. The maximum atomic E-state index is 13.6. The highest BCUT2D eigenvalue weighted by Gasteiger charge is 2.42. The summed E-state index contributed by atoms with van der Waals surface area (Å²) in [6.45, 7) is 3.00. The van der Waals surface area contributed by atoms with Gasteiger partial charge in [0.15, 0.2) is 11.6 Å². The molecule has 2 amide bonds. The van der Waals surface area contributed by atoms with E-state index >= 15 is 0 Å². The van der Waals surface area contributed by atoms with Crippen LogP contribution in [0.15, 0.2) is 47.6 Å². The zero-order chi connectivity index (χ0) is 22.6. The van der Waals surface area contributed by atoms with Gasteiger partial charge in [0.2, 0.25) is 5.91 Å². The molecule has 2 aromatic rings. The molecule has 0 aliphatic carbocycles. The summed E-state index contributed by atoms with van der Waals surface area (Å²) in [5.41, 5.74) is 0.741. The third-order valence-electron chi connectivity index (χ3n) is 6.51. The molecular weight excluding hydrogens is 429 g/mol. The molecule has 3 heterocycles. The molecule has 0 atom stereocenters. The quantitative estimate of drug-likeness (QED) is 0.617. The number of rotatable bonds is 6. The molecule has 0 unspecified atom stereocenters. The highest BCUT2D eigenvalue weighted by molar-refractivity contribution is 7.98. The number of amides is 2. The molecule has 6 nitrogen and oxygen atoms in total. The summed E-state index contributed by atoms with van der Waals surface area (Å²) >= 11 is 1.48. The van der Waals surface area contributed by atoms with Crippen LogP contribution in [0.1, 0.15) is 36.0 Å². The number of para-hydroxylation sites is 1. The van der Waals surface area contributed by atoms with E-state index in [1.165, 1.54) is 17.8 Å². The van der Waals surface area contributed by atoms with Crippen LogP contribution < -0.4 is 4.74 Å². The molecule has 0 bridgehead atoms. The van der Waals surface area contributed by atoms with Crippen LogP contribution in [0, 0.1) is 11.2 Å². The van der Waals surface area contributed by atoms with Crippen molar-refractivity contribution in [3.8, 4) is 5.75 Å². The van der Waals surface area contributed by atoms with E-state index in [1.54, 1.807) is 30.5 Å². The number of aromatic nitrogens is 1. The third-order valence-corrected chi connectivity index (χ3v) is 7.22. The molecule has 2 aliphatic rings. The predicted octanol–water partition coefficient (Wildman–Crippen LogP) is 3.87. The Balaban J connectivity index is 1.27. The topological polar surface area (TPSA) is 62.7 Å². The van der Waals surface area contributed by atoms with E-state index in [4.69, 9.17) is 4.74 Å². The number of hydrogen-bond acceptors (Lipinski definition) is 5. The minimum Gasteiger partial charge on any atom is -0.490 e. The Labute approximate surface area is 192 Å². The van der Waals surface area contributed by atoms with Crippen LogP contribution in [0.5, 0.6) is 5.75 Å². The Morgan fingerprint density at radius 1 is 1.09 bits per heavy atom. The second-order valence-corrected chi connectivity index (χ2v) is 9.24. The summed E-state index contributed by atoms with van der Waals surface area (Å²) in [5.74, 6) is -0.170. The molecule has 0 saturated carbocycles. The van der Waals surface area contributed by atoms with Crippen molar-refractivity contribution in [1.29, 1.82) is 0 Å². The van der Waals surface area contributed by atoms with Crippen molar-refractivity contribution in [2.45, 2.75) is 30.7 Å². The standard InChI is InChI=1S/C24H28FN3O3S/c1-32-22-18(5-4-12-26-22)23(30)27-13-9-24(10-14-27)11-15-28(17-24)21(29)8-16-31-20-7-3-2-6-19(20)25/h2-7,12H,8-11,13-17H2,1H3. The molecular formula is C24H28FN3O3S. The molecule has 0 N–H and O–H groups in total. The molecule has 2 aliphatic heterocycles. The highest BCUT2D eigenvalue weighted by atomic mass is 32.2. The molecule has 32 heavy (non-hydrogen) atoms. The summed E-state index contributed by atoms with van der Waals surface area (Å²) in [6.07, 6.45) is 6.60. The first-order chi connectivity index (χ1) is 15.5. The zero-order valence-electron chi connectivity index (χ0n) is 18.3. The molecule has 2 fully saturated rings. The molecule has 2 saturated heterocycles. The Hall–Kier alpha value is -2.61. The normalized spacial score (nSPS) is 17.6. The fourth-order valence-corrected chi connectivity index (χ4v) is 5.14. The minimum atomic E-state index is -0.419. The van der Waals surface area contributed by atoms with Crippen LogP contribution in [-0.2, 0) is 4.79 Å². The summed E-state index contributed by atoms with van der Waals surface area (Å²) in [7, 11) is 0. The van der Waals surface area contributed by atoms with Gasteiger partial charge in [-0.25, -0.2) is 9.37 Å². The van der Waals surface area contributed by atoms with Gasteiger partial charge in [0.1, 0.15) is 5.03 Å². The number of nitrogens with zero attached hydrogens (tertiary/aromatic N) is 3. The zero-order valence-corrected chi connectivity index (χ0v) is 19.1. The first-order valence-corrected chi connectivity index (χ1v) is 12.2. The molecule has 4 rings (SSSR count). The highest BCUT2D eigenvalue weighted by Crippen LogP contribution is 2.41. The predicted molar refractivity (Wildman–Crippen MR) is 121 cm³/mol. The lowest BCUT2D eigenvalue weighted by molar-refractivity contribution is -0.131. The van der Waals surface area contributed by atoms with Crippen molar-refractivity contribution >= 4 is 23.6 Å². The van der Waals surface area contributed by atoms with Gasteiger partial charge in [-0.1, -0.05) is 12.1 Å². The van der Waals surface area contributed by atoms with Crippen molar-refractivity contribution in [2.75, 3.05) is 39.0 Å². The number of hydrogen-bond donors (Lipinski definition) is 0. The number of benzene rings is 1. The third kappa shape index (κ3) is 4.90. The van der Waals surface area contributed by atoms with Gasteiger partial charge in [-0.2, -0.15) is 0 Å². The van der Waals surface area contributed by atoms with Gasteiger partial charge in [-0.3, -0.25) is 9.59 Å². The van der Waals surface area contributed by atoms with Crippen molar-refractivity contribution in [1.82, 2.24) is 14.8 Å². The van der Waals surface area contributed by atoms with Crippen LogP contribution in [-0.4, -0.2) is 65.6 Å². The van der Waals surface area contributed by atoms with E-state index in [1.807, 2.05) is 22.1 Å². The van der Waals surface area contributed by atoms with Gasteiger partial charge in [0.25, 0.3) is 5.91 Å². The van der Waals surface area contributed by atoms with Gasteiger partial charge >= 0.3 is 0 Å². The Bertz CT molecular complexity index is 978. The monoisotopic (exact) mass is 457 g/mol. The van der Waals surface area contributed by atoms with Crippen LogP contribution in [0.25, 0.3) is 0 Å². The summed E-state index contributed by atoms with van der Waals surface area (Å²) < 4.78 is 19.1. The van der Waals surface area contributed by atoms with Crippen molar-refractivity contribution in [3.63, 3.8) is 0 Å². The van der Waals surface area contributed by atoms with E-state index in [-0.39, 0.29) is 36.0 Å². The fourth-order valence-electron chi connectivity index (χ4n) is 4.60.